The Labute approximate surface area is 97.7 Å². The van der Waals surface area contributed by atoms with Gasteiger partial charge in [-0.3, -0.25) is 0 Å². The molecule has 3 nitrogen and oxygen atoms in total. The zero-order valence-electron chi connectivity index (χ0n) is 10.00. The maximum Gasteiger partial charge on any atom is 0.127 e. The molecule has 0 bridgehead atoms. The molecule has 2 rings (SSSR count). The average molecular weight is 219 g/mol. The first-order chi connectivity index (χ1) is 7.88. The molecule has 2 N–H and O–H groups in total. The monoisotopic (exact) mass is 219 g/mol. The van der Waals surface area contributed by atoms with Crippen LogP contribution in [0.15, 0.2) is 18.3 Å². The third-order valence-electron chi connectivity index (χ3n) is 2.93. The summed E-state index contributed by atoms with van der Waals surface area (Å²) in [5.74, 6) is 1.99. The largest absolute Gasteiger partial charge is 0.385 e. The molecule has 16 heavy (non-hydrogen) atoms. The van der Waals surface area contributed by atoms with Gasteiger partial charge in [0.1, 0.15) is 5.82 Å². The highest BCUT2D eigenvalue weighted by Gasteiger charge is 2.19. The van der Waals surface area contributed by atoms with E-state index in [0.29, 0.717) is 0 Å². The molecule has 3 heteroatoms. The lowest BCUT2D eigenvalue weighted by molar-refractivity contribution is 0.687. The Bertz CT molecular complexity index is 321. The molecule has 1 heterocycles. The van der Waals surface area contributed by atoms with E-state index in [-0.39, 0.29) is 0 Å². The minimum absolute atomic E-state index is 0.915. The van der Waals surface area contributed by atoms with Gasteiger partial charge in [-0.15, -0.1) is 0 Å². The highest BCUT2D eigenvalue weighted by Crippen LogP contribution is 2.33. The van der Waals surface area contributed by atoms with Gasteiger partial charge < -0.3 is 10.6 Å². The number of hydrogen-bond donors (Lipinski definition) is 2. The Balaban J connectivity index is 1.71. The quantitative estimate of drug-likeness (QED) is 0.692. The van der Waals surface area contributed by atoms with Gasteiger partial charge in [-0.25, -0.2) is 4.98 Å². The van der Waals surface area contributed by atoms with Crippen LogP contribution in [-0.4, -0.2) is 18.1 Å². The fourth-order valence-corrected chi connectivity index (χ4v) is 1.85. The number of aromatic nitrogens is 1. The van der Waals surface area contributed by atoms with Gasteiger partial charge in [-0.05, 0) is 31.7 Å². The second kappa shape index (κ2) is 5.73. The summed E-state index contributed by atoms with van der Waals surface area (Å²) in [6.45, 7) is 4.07. The van der Waals surface area contributed by atoms with Crippen LogP contribution in [0.5, 0.6) is 0 Å². The van der Waals surface area contributed by atoms with Gasteiger partial charge in [0.15, 0.2) is 0 Å². The van der Waals surface area contributed by atoms with E-state index in [0.717, 1.165) is 24.8 Å². The lowest BCUT2D eigenvalue weighted by Gasteiger charge is -2.08. The van der Waals surface area contributed by atoms with Crippen LogP contribution in [0, 0.1) is 5.92 Å². The maximum atomic E-state index is 4.24. The van der Waals surface area contributed by atoms with E-state index in [2.05, 4.69) is 28.6 Å². The van der Waals surface area contributed by atoms with E-state index in [9.17, 15) is 0 Å². The van der Waals surface area contributed by atoms with E-state index in [1.807, 2.05) is 12.3 Å². The van der Waals surface area contributed by atoms with Gasteiger partial charge in [0.05, 0.1) is 0 Å². The number of anilines is 2. The van der Waals surface area contributed by atoms with Gasteiger partial charge in [-0.2, -0.15) is 0 Å². The molecule has 0 unspecified atom stereocenters. The first-order valence-corrected chi connectivity index (χ1v) is 6.32. The molecule has 88 valence electrons. The number of nitrogens with one attached hydrogen (secondary N) is 2. The summed E-state index contributed by atoms with van der Waals surface area (Å²) >= 11 is 0. The van der Waals surface area contributed by atoms with Crippen LogP contribution < -0.4 is 10.6 Å². The summed E-state index contributed by atoms with van der Waals surface area (Å²) in [6, 6.07) is 4.10. The minimum atomic E-state index is 0.915. The maximum absolute atomic E-state index is 4.24. The lowest BCUT2D eigenvalue weighted by atomic mass is 10.2. The third-order valence-corrected chi connectivity index (χ3v) is 2.93. The highest BCUT2D eigenvalue weighted by atomic mass is 15.0. The van der Waals surface area contributed by atoms with Crippen molar-refractivity contribution in [1.82, 2.24) is 4.98 Å². The minimum Gasteiger partial charge on any atom is -0.385 e. The SMILES string of the molecule is CCNc1cc(NCCCC2CC2)ccn1. The van der Waals surface area contributed by atoms with Crippen molar-refractivity contribution >= 4 is 11.5 Å². The fraction of sp³-hybridized carbons (Fsp3) is 0.615. The molecule has 0 radical (unpaired) electrons. The molecule has 1 aliphatic rings. The van der Waals surface area contributed by atoms with E-state index in [1.54, 1.807) is 0 Å². The first kappa shape index (κ1) is 11.2. The number of rotatable bonds is 7. The topological polar surface area (TPSA) is 37.0 Å². The van der Waals surface area contributed by atoms with Crippen LogP contribution in [0.25, 0.3) is 0 Å². The second-order valence-electron chi connectivity index (χ2n) is 4.47. The number of nitrogens with zero attached hydrogens (tertiary/aromatic N) is 1. The zero-order valence-corrected chi connectivity index (χ0v) is 10.00. The summed E-state index contributed by atoms with van der Waals surface area (Å²) in [6.07, 6.45) is 7.43. The van der Waals surface area contributed by atoms with Crippen molar-refractivity contribution < 1.29 is 0 Å². The number of pyridine rings is 1. The van der Waals surface area contributed by atoms with Crippen molar-refractivity contribution in [2.45, 2.75) is 32.6 Å². The summed E-state index contributed by atoms with van der Waals surface area (Å²) in [5.41, 5.74) is 1.17. The molecule has 0 atom stereocenters. The Morgan fingerprint density at radius 3 is 3.00 bits per heavy atom. The van der Waals surface area contributed by atoms with E-state index in [4.69, 9.17) is 0 Å². The summed E-state index contributed by atoms with van der Waals surface area (Å²) in [4.78, 5) is 4.24. The molecule has 0 amide bonds. The molecule has 0 aliphatic heterocycles. The molecule has 0 spiro atoms. The van der Waals surface area contributed by atoms with Gasteiger partial charge >= 0.3 is 0 Å². The molecule has 1 saturated carbocycles. The van der Waals surface area contributed by atoms with Gasteiger partial charge in [-0.1, -0.05) is 12.8 Å². The normalized spacial score (nSPS) is 14.8. The van der Waals surface area contributed by atoms with Crippen LogP contribution in [0.3, 0.4) is 0 Å². The fourth-order valence-electron chi connectivity index (χ4n) is 1.85. The van der Waals surface area contributed by atoms with E-state index >= 15 is 0 Å². The van der Waals surface area contributed by atoms with Crippen LogP contribution in [0.2, 0.25) is 0 Å². The molecule has 1 aliphatic carbocycles. The molecule has 0 saturated heterocycles. The van der Waals surface area contributed by atoms with Crippen molar-refractivity contribution in [3.8, 4) is 0 Å². The molecular formula is C13H21N3. The van der Waals surface area contributed by atoms with Crippen LogP contribution in [-0.2, 0) is 0 Å². The van der Waals surface area contributed by atoms with Crippen molar-refractivity contribution in [1.29, 1.82) is 0 Å². The summed E-state index contributed by atoms with van der Waals surface area (Å²) < 4.78 is 0. The predicted molar refractivity (Wildman–Crippen MR) is 68.8 cm³/mol. The molecule has 1 aromatic heterocycles. The average Bonchev–Trinajstić information content (AvgIpc) is 3.09. The Morgan fingerprint density at radius 2 is 2.25 bits per heavy atom. The molecular weight excluding hydrogens is 198 g/mol. The van der Waals surface area contributed by atoms with Crippen LogP contribution in [0.4, 0.5) is 11.5 Å². The summed E-state index contributed by atoms with van der Waals surface area (Å²) in [7, 11) is 0. The molecule has 0 aromatic carbocycles. The van der Waals surface area contributed by atoms with Crippen molar-refractivity contribution in [2.75, 3.05) is 23.7 Å². The predicted octanol–water partition coefficient (Wildman–Crippen LogP) is 3.12. The van der Waals surface area contributed by atoms with Gasteiger partial charge in [0.2, 0.25) is 0 Å². The Hall–Kier alpha value is -1.25. The molecule has 1 aromatic rings. The highest BCUT2D eigenvalue weighted by molar-refractivity contribution is 5.51. The number of hydrogen-bond acceptors (Lipinski definition) is 3. The van der Waals surface area contributed by atoms with Crippen LogP contribution in [0.1, 0.15) is 32.6 Å². The van der Waals surface area contributed by atoms with Gasteiger partial charge in [0, 0.05) is 31.0 Å². The van der Waals surface area contributed by atoms with Gasteiger partial charge in [0.25, 0.3) is 0 Å². The summed E-state index contributed by atoms with van der Waals surface area (Å²) in [5, 5.41) is 6.66. The zero-order chi connectivity index (χ0) is 11.2. The second-order valence-corrected chi connectivity index (χ2v) is 4.47. The van der Waals surface area contributed by atoms with Crippen molar-refractivity contribution in [3.63, 3.8) is 0 Å². The van der Waals surface area contributed by atoms with E-state index in [1.165, 1.54) is 31.4 Å². The molecule has 1 fully saturated rings. The standard InChI is InChI=1S/C13H21N3/c1-2-14-13-10-12(7-9-16-13)15-8-3-4-11-5-6-11/h7,9-11H,2-6,8H2,1H3,(H2,14,15,16). The first-order valence-electron chi connectivity index (χ1n) is 6.32. The third kappa shape index (κ3) is 3.72. The van der Waals surface area contributed by atoms with Crippen LogP contribution >= 0.6 is 0 Å². The van der Waals surface area contributed by atoms with Crippen molar-refractivity contribution in [2.24, 2.45) is 5.92 Å². The Kier molecular flexibility index (Phi) is 4.03. The Morgan fingerprint density at radius 1 is 1.38 bits per heavy atom. The van der Waals surface area contributed by atoms with Crippen molar-refractivity contribution in [3.05, 3.63) is 18.3 Å². The smallest absolute Gasteiger partial charge is 0.127 e. The lowest BCUT2D eigenvalue weighted by Crippen LogP contribution is -2.04. The van der Waals surface area contributed by atoms with E-state index < -0.39 is 0 Å².